The Labute approximate surface area is 117 Å². The SMILES string of the molecule is COc1cc(C)cc(C)c1-c1ncnc(Cl)c1OC. The third-order valence-electron chi connectivity index (χ3n) is 2.86. The molecule has 0 spiro atoms. The number of rotatable bonds is 3. The van der Waals surface area contributed by atoms with Crippen molar-refractivity contribution in [3.63, 3.8) is 0 Å². The Balaban J connectivity index is 2.75. The van der Waals surface area contributed by atoms with Gasteiger partial charge >= 0.3 is 0 Å². The highest BCUT2D eigenvalue weighted by atomic mass is 35.5. The maximum atomic E-state index is 6.04. The molecule has 100 valence electrons. The van der Waals surface area contributed by atoms with Gasteiger partial charge in [-0.05, 0) is 31.0 Å². The van der Waals surface area contributed by atoms with Crippen LogP contribution < -0.4 is 9.47 Å². The van der Waals surface area contributed by atoms with Gasteiger partial charge < -0.3 is 9.47 Å². The second-order valence-electron chi connectivity index (χ2n) is 4.21. The van der Waals surface area contributed by atoms with Gasteiger partial charge in [-0.1, -0.05) is 17.7 Å². The summed E-state index contributed by atoms with van der Waals surface area (Å²) in [5.41, 5.74) is 3.67. The molecule has 0 aliphatic carbocycles. The monoisotopic (exact) mass is 278 g/mol. The van der Waals surface area contributed by atoms with Crippen LogP contribution in [0.2, 0.25) is 5.15 Å². The number of nitrogens with zero attached hydrogens (tertiary/aromatic N) is 2. The minimum absolute atomic E-state index is 0.287. The van der Waals surface area contributed by atoms with Crippen molar-refractivity contribution < 1.29 is 9.47 Å². The lowest BCUT2D eigenvalue weighted by molar-refractivity contribution is 0.407. The Bertz CT molecular complexity index is 615. The number of benzene rings is 1. The molecule has 0 aliphatic heterocycles. The molecule has 1 aromatic carbocycles. The van der Waals surface area contributed by atoms with E-state index in [0.29, 0.717) is 11.4 Å². The highest BCUT2D eigenvalue weighted by Crippen LogP contribution is 2.40. The molecular weight excluding hydrogens is 264 g/mol. The van der Waals surface area contributed by atoms with Crippen LogP contribution >= 0.6 is 11.6 Å². The number of hydrogen-bond acceptors (Lipinski definition) is 4. The predicted molar refractivity (Wildman–Crippen MR) is 75.1 cm³/mol. The lowest BCUT2D eigenvalue weighted by Crippen LogP contribution is -1.99. The summed E-state index contributed by atoms with van der Waals surface area (Å²) in [4.78, 5) is 8.21. The highest BCUT2D eigenvalue weighted by Gasteiger charge is 2.18. The van der Waals surface area contributed by atoms with Crippen molar-refractivity contribution in [3.05, 3.63) is 34.7 Å². The van der Waals surface area contributed by atoms with Crippen LogP contribution in [0.25, 0.3) is 11.3 Å². The molecule has 0 bridgehead atoms. The fourth-order valence-corrected chi connectivity index (χ4v) is 2.31. The first kappa shape index (κ1) is 13.6. The van der Waals surface area contributed by atoms with Gasteiger partial charge in [0.2, 0.25) is 0 Å². The van der Waals surface area contributed by atoms with Crippen molar-refractivity contribution in [2.24, 2.45) is 0 Å². The number of aromatic nitrogens is 2. The molecule has 0 atom stereocenters. The normalized spacial score (nSPS) is 10.4. The molecule has 0 radical (unpaired) electrons. The summed E-state index contributed by atoms with van der Waals surface area (Å²) in [5, 5.41) is 0.287. The van der Waals surface area contributed by atoms with Gasteiger partial charge in [0.05, 0.1) is 14.2 Å². The summed E-state index contributed by atoms with van der Waals surface area (Å²) in [7, 11) is 3.18. The highest BCUT2D eigenvalue weighted by molar-refractivity contribution is 6.31. The summed E-state index contributed by atoms with van der Waals surface area (Å²) < 4.78 is 10.7. The lowest BCUT2D eigenvalue weighted by atomic mass is 10.0. The average molecular weight is 279 g/mol. The minimum Gasteiger partial charge on any atom is -0.496 e. The fraction of sp³-hybridized carbons (Fsp3) is 0.286. The van der Waals surface area contributed by atoms with Gasteiger partial charge in [-0.15, -0.1) is 0 Å². The Morgan fingerprint density at radius 2 is 1.79 bits per heavy atom. The van der Waals surface area contributed by atoms with E-state index in [1.165, 1.54) is 6.33 Å². The molecule has 4 nitrogen and oxygen atoms in total. The van der Waals surface area contributed by atoms with Crippen LogP contribution in [-0.4, -0.2) is 24.2 Å². The summed E-state index contributed by atoms with van der Waals surface area (Å²) in [5.74, 6) is 1.19. The molecule has 1 aromatic heterocycles. The zero-order valence-electron chi connectivity index (χ0n) is 11.3. The van der Waals surface area contributed by atoms with Crippen molar-refractivity contribution in [2.45, 2.75) is 13.8 Å². The second kappa shape index (κ2) is 5.45. The average Bonchev–Trinajstić information content (AvgIpc) is 2.37. The summed E-state index contributed by atoms with van der Waals surface area (Å²) >= 11 is 6.04. The van der Waals surface area contributed by atoms with Crippen molar-refractivity contribution in [1.29, 1.82) is 0 Å². The number of aryl methyl sites for hydroxylation is 2. The minimum atomic E-state index is 0.287. The van der Waals surface area contributed by atoms with Crippen molar-refractivity contribution in [2.75, 3.05) is 14.2 Å². The lowest BCUT2D eigenvalue weighted by Gasteiger charge is -2.15. The zero-order valence-corrected chi connectivity index (χ0v) is 12.1. The molecule has 0 saturated carbocycles. The van der Waals surface area contributed by atoms with Crippen LogP contribution in [-0.2, 0) is 0 Å². The van der Waals surface area contributed by atoms with Crippen LogP contribution in [0, 0.1) is 13.8 Å². The fourth-order valence-electron chi connectivity index (χ4n) is 2.10. The molecule has 5 heteroatoms. The number of halogens is 1. The van der Waals surface area contributed by atoms with E-state index in [1.54, 1.807) is 14.2 Å². The van der Waals surface area contributed by atoms with Crippen molar-refractivity contribution in [3.8, 4) is 22.8 Å². The number of methoxy groups -OCH3 is 2. The van der Waals surface area contributed by atoms with Gasteiger partial charge in [-0.2, -0.15) is 0 Å². The third-order valence-corrected chi connectivity index (χ3v) is 3.13. The molecule has 2 rings (SSSR count). The van der Waals surface area contributed by atoms with Gasteiger partial charge in [0.15, 0.2) is 10.9 Å². The summed E-state index contributed by atoms with van der Waals surface area (Å²) in [6, 6.07) is 4.02. The van der Waals surface area contributed by atoms with Crippen LogP contribution in [0.15, 0.2) is 18.5 Å². The van der Waals surface area contributed by atoms with Crippen LogP contribution in [0.4, 0.5) is 0 Å². The van der Waals surface area contributed by atoms with E-state index < -0.39 is 0 Å². The Kier molecular flexibility index (Phi) is 3.90. The van der Waals surface area contributed by atoms with Crippen LogP contribution in [0.3, 0.4) is 0 Å². The molecule has 2 aromatic rings. The largest absolute Gasteiger partial charge is 0.496 e. The van der Waals surface area contributed by atoms with Gasteiger partial charge in [0, 0.05) is 5.56 Å². The van der Waals surface area contributed by atoms with Crippen molar-refractivity contribution >= 4 is 11.6 Å². The Morgan fingerprint density at radius 1 is 1.05 bits per heavy atom. The Hall–Kier alpha value is -1.81. The van der Waals surface area contributed by atoms with E-state index in [1.807, 2.05) is 19.9 Å². The first-order valence-corrected chi connectivity index (χ1v) is 6.16. The van der Waals surface area contributed by atoms with E-state index in [9.17, 15) is 0 Å². The molecule has 19 heavy (non-hydrogen) atoms. The first-order chi connectivity index (χ1) is 9.08. The third kappa shape index (κ3) is 2.49. The van der Waals surface area contributed by atoms with Gasteiger partial charge in [0.25, 0.3) is 0 Å². The van der Waals surface area contributed by atoms with Crippen molar-refractivity contribution in [1.82, 2.24) is 9.97 Å². The van der Waals surface area contributed by atoms with Crippen LogP contribution in [0.5, 0.6) is 11.5 Å². The molecule has 1 heterocycles. The molecule has 0 unspecified atom stereocenters. The summed E-state index contributed by atoms with van der Waals surface area (Å²) in [6.45, 7) is 4.02. The smallest absolute Gasteiger partial charge is 0.182 e. The van der Waals surface area contributed by atoms with E-state index >= 15 is 0 Å². The molecular formula is C14H15ClN2O2. The van der Waals surface area contributed by atoms with Crippen LogP contribution in [0.1, 0.15) is 11.1 Å². The summed E-state index contributed by atoms with van der Waals surface area (Å²) in [6.07, 6.45) is 1.42. The van der Waals surface area contributed by atoms with Gasteiger partial charge in [0.1, 0.15) is 17.8 Å². The zero-order chi connectivity index (χ0) is 14.0. The molecule has 0 fully saturated rings. The van der Waals surface area contributed by atoms with Gasteiger partial charge in [-0.3, -0.25) is 0 Å². The first-order valence-electron chi connectivity index (χ1n) is 5.78. The van der Waals surface area contributed by atoms with E-state index in [4.69, 9.17) is 21.1 Å². The quantitative estimate of drug-likeness (QED) is 0.807. The van der Waals surface area contributed by atoms with E-state index in [-0.39, 0.29) is 5.15 Å². The Morgan fingerprint density at radius 3 is 2.42 bits per heavy atom. The number of ether oxygens (including phenoxy) is 2. The molecule has 0 aliphatic rings. The standard InChI is InChI=1S/C14H15ClN2O2/c1-8-5-9(2)11(10(6-8)18-3)12-13(19-4)14(15)17-7-16-12/h5-7H,1-4H3. The number of hydrogen-bond donors (Lipinski definition) is 0. The topological polar surface area (TPSA) is 44.2 Å². The predicted octanol–water partition coefficient (Wildman–Crippen LogP) is 3.43. The maximum Gasteiger partial charge on any atom is 0.182 e. The van der Waals surface area contributed by atoms with Gasteiger partial charge in [-0.25, -0.2) is 9.97 Å². The molecule has 0 amide bonds. The molecule has 0 N–H and O–H groups in total. The molecule has 0 saturated heterocycles. The maximum absolute atomic E-state index is 6.04. The van der Waals surface area contributed by atoms with E-state index in [2.05, 4.69) is 16.0 Å². The second-order valence-corrected chi connectivity index (χ2v) is 4.56. The van der Waals surface area contributed by atoms with E-state index in [0.717, 1.165) is 22.4 Å².